The van der Waals surface area contributed by atoms with Gasteiger partial charge in [-0.05, 0) is 81.7 Å². The van der Waals surface area contributed by atoms with Gasteiger partial charge in [0.25, 0.3) is 0 Å². The minimum Gasteiger partial charge on any atom is -0.481 e. The second-order valence-electron chi connectivity index (χ2n) is 18.2. The molecule has 21 nitrogen and oxygen atoms in total. The molecule has 1 aromatic carbocycles. The van der Waals surface area contributed by atoms with Gasteiger partial charge in [-0.15, -0.1) is 0 Å². The summed E-state index contributed by atoms with van der Waals surface area (Å²) >= 11 is 0. The number of aliphatic carboxylic acids is 1. The predicted octanol–water partition coefficient (Wildman–Crippen LogP) is 0.679. The molecule has 4 heterocycles. The van der Waals surface area contributed by atoms with Crippen LogP contribution >= 0.6 is 0 Å². The molecule has 24 heteroatoms. The van der Waals surface area contributed by atoms with Crippen molar-refractivity contribution in [3.63, 3.8) is 0 Å². The van der Waals surface area contributed by atoms with Crippen LogP contribution in [0.15, 0.2) is 59.2 Å². The summed E-state index contributed by atoms with van der Waals surface area (Å²) in [7, 11) is 0. The molecule has 0 aliphatic carbocycles. The quantitative estimate of drug-likeness (QED) is 0.0339. The molecule has 3 aliphatic rings. The van der Waals surface area contributed by atoms with Gasteiger partial charge in [-0.2, -0.15) is 0 Å². The summed E-state index contributed by atoms with van der Waals surface area (Å²) in [5, 5.41) is 28.2. The van der Waals surface area contributed by atoms with E-state index in [4.69, 9.17) is 11.5 Å². The number of benzene rings is 1. The maximum Gasteiger partial charge on any atom is 0.737 e. The van der Waals surface area contributed by atoms with Crippen LogP contribution in [0, 0.1) is 13.8 Å². The number of carboxylic acid groups (broad SMARTS) is 1. The fourth-order valence-electron chi connectivity index (χ4n) is 8.82. The number of carbonyl (C=O) groups is 8. The van der Waals surface area contributed by atoms with Crippen molar-refractivity contribution in [3.8, 4) is 0 Å². The number of nitrogens with one attached hydrogen (secondary N) is 7. The highest BCUT2D eigenvalue weighted by molar-refractivity contribution is 6.58. The van der Waals surface area contributed by atoms with Crippen LogP contribution in [0.5, 0.6) is 0 Å². The van der Waals surface area contributed by atoms with E-state index in [1.807, 2.05) is 0 Å². The molecule has 4 atom stereocenters. The molecule has 0 saturated carbocycles. The molecule has 1 saturated heterocycles. The van der Waals surface area contributed by atoms with Crippen LogP contribution in [0.3, 0.4) is 0 Å². The first-order valence-electron chi connectivity index (χ1n) is 24.4. The first-order chi connectivity index (χ1) is 34.3. The normalized spacial score (nSPS) is 20.2. The standard InChI is InChI=1S/C48H67BF2N12O9/c1-30-26-31(2)62-39(30)28-34-18-17-33(63(34)49(62,50)51)19-20-41(65)55-22-9-4-7-16-40(64)54-23-10-8-14-36-45(70)59-35(15-11-24-57-48(52)53)44(69)56-25-21-42(66)58-38(29-43(67)68)47(72)61-37(46(71)60-36)27-32-12-5-3-6-13-32/h3,5-6,12-13,17-18,26,28,35-38H,4,7-11,14-16,19-25,27,29H2,1-2H3,(H,54,64)(H,55,65)(H,56,69)(H,58,66)(H,59,70)(H,60,71)(H,61,72)(H,67,68)(H4,52,53,57)/t35-,36-,37+,38-/m0/s1. The van der Waals surface area contributed by atoms with E-state index in [0.717, 1.165) is 14.5 Å². The number of amides is 7. The highest BCUT2D eigenvalue weighted by Crippen LogP contribution is 2.34. The predicted molar refractivity (Wildman–Crippen MR) is 265 cm³/mol. The number of unbranched alkanes of at least 4 members (excludes halogenated alkanes) is 3. The van der Waals surface area contributed by atoms with Crippen molar-refractivity contribution in [1.29, 1.82) is 0 Å². The Morgan fingerprint density at radius 2 is 1.42 bits per heavy atom. The van der Waals surface area contributed by atoms with Crippen molar-refractivity contribution in [2.75, 3.05) is 26.2 Å². The number of fused-ring (bicyclic) bond motifs is 2. The molecular weight excluding hydrogens is 937 g/mol. The number of rotatable bonds is 22. The van der Waals surface area contributed by atoms with Crippen LogP contribution < -0.4 is 48.7 Å². The molecule has 12 N–H and O–H groups in total. The van der Waals surface area contributed by atoms with Gasteiger partial charge in [0.2, 0.25) is 41.4 Å². The maximum absolute atomic E-state index is 15.7. The minimum atomic E-state index is -4.11. The molecule has 1 aromatic heterocycles. The monoisotopic (exact) mass is 1000 g/mol. The number of halogens is 2. The van der Waals surface area contributed by atoms with E-state index < -0.39 is 73.1 Å². The third kappa shape index (κ3) is 16.3. The largest absolute Gasteiger partial charge is 0.737 e. The lowest BCUT2D eigenvalue weighted by Crippen LogP contribution is -2.59. The smallest absolute Gasteiger partial charge is 0.481 e. The van der Waals surface area contributed by atoms with Crippen molar-refractivity contribution >= 4 is 72.0 Å². The average molecular weight is 1000 g/mol. The maximum atomic E-state index is 15.7. The summed E-state index contributed by atoms with van der Waals surface area (Å²) in [4.78, 5) is 109. The molecule has 0 unspecified atom stereocenters. The first kappa shape index (κ1) is 55.5. The van der Waals surface area contributed by atoms with Crippen molar-refractivity contribution in [1.82, 2.24) is 41.7 Å². The lowest BCUT2D eigenvalue weighted by molar-refractivity contribution is -0.362. The van der Waals surface area contributed by atoms with Crippen LogP contribution in [-0.4, -0.2) is 130 Å². The Hall–Kier alpha value is -7.40. The topological polar surface area (TPSA) is 313 Å². The minimum absolute atomic E-state index is 0.0391. The Kier molecular flexibility index (Phi) is 20.6. The molecule has 0 radical (unpaired) electrons. The van der Waals surface area contributed by atoms with Crippen LogP contribution in [-0.2, 0) is 44.8 Å². The number of aromatic nitrogens is 1. The van der Waals surface area contributed by atoms with Gasteiger partial charge in [-0.25, -0.2) is 0 Å². The van der Waals surface area contributed by atoms with E-state index in [2.05, 4.69) is 42.2 Å². The zero-order valence-corrected chi connectivity index (χ0v) is 40.8. The molecule has 390 valence electrons. The Morgan fingerprint density at radius 1 is 0.792 bits per heavy atom. The van der Waals surface area contributed by atoms with Gasteiger partial charge < -0.3 is 71.4 Å². The number of carboxylic acids is 1. The van der Waals surface area contributed by atoms with E-state index >= 15 is 8.63 Å². The number of hydrogen-bond donors (Lipinski definition) is 10. The van der Waals surface area contributed by atoms with Crippen LogP contribution in [0.1, 0.15) is 106 Å². The molecule has 72 heavy (non-hydrogen) atoms. The van der Waals surface area contributed by atoms with Crippen molar-refractivity contribution < 1.29 is 56.6 Å². The van der Waals surface area contributed by atoms with Crippen molar-refractivity contribution in [2.45, 2.75) is 128 Å². The SMILES string of the molecule is Cc1cc(C)n2c1C=C1C=CC(CCC(=O)NCCCCCC(=O)NCCCC[C@@H]3NC(=O)[C@@H](Cc4ccccc4)NC(=O)[C@H](CC(=O)O)NC(=O)CCNC(=O)[C@H](CCCN=C(N)N)NC3=O)=[N+]1[B-]2(F)F. The molecule has 2 aromatic rings. The third-order valence-corrected chi connectivity index (χ3v) is 12.5. The van der Waals surface area contributed by atoms with Gasteiger partial charge in [0, 0.05) is 82.2 Å². The van der Waals surface area contributed by atoms with Crippen LogP contribution in [0.2, 0.25) is 0 Å². The molecular formula is C48H67BF2N12O9. The Morgan fingerprint density at radius 3 is 2.11 bits per heavy atom. The second kappa shape index (κ2) is 26.7. The fraction of sp³-hybridized carbons (Fsp3) is 0.500. The number of aryl methyl sites for hydroxylation is 2. The third-order valence-electron chi connectivity index (χ3n) is 12.5. The highest BCUT2D eigenvalue weighted by Gasteiger charge is 2.52. The van der Waals surface area contributed by atoms with Gasteiger partial charge in [0.05, 0.1) is 6.42 Å². The Balaban J connectivity index is 1.11. The van der Waals surface area contributed by atoms with Gasteiger partial charge >= 0.3 is 12.9 Å². The van der Waals surface area contributed by atoms with Gasteiger partial charge in [0.15, 0.2) is 11.7 Å². The molecule has 7 amide bonds. The number of guanidine groups is 1. The summed E-state index contributed by atoms with van der Waals surface area (Å²) < 4.78 is 33.5. The van der Waals surface area contributed by atoms with Crippen LogP contribution in [0.4, 0.5) is 8.63 Å². The summed E-state index contributed by atoms with van der Waals surface area (Å²) in [5.74, 6) is -5.85. The summed E-state index contributed by atoms with van der Waals surface area (Å²) in [6, 6.07) is 5.11. The van der Waals surface area contributed by atoms with Crippen molar-refractivity contribution in [2.24, 2.45) is 16.5 Å². The van der Waals surface area contributed by atoms with Gasteiger partial charge in [0.1, 0.15) is 29.9 Å². The number of carbonyl (C=O) groups excluding carboxylic acids is 7. The zero-order chi connectivity index (χ0) is 52.4. The fourth-order valence-corrected chi connectivity index (χ4v) is 8.82. The van der Waals surface area contributed by atoms with Crippen molar-refractivity contribution in [3.05, 3.63) is 76.8 Å². The number of aliphatic imine (C=N–C) groups is 1. The lowest BCUT2D eigenvalue weighted by atomic mass is 9.90. The van der Waals surface area contributed by atoms with Gasteiger partial charge in [-0.3, -0.25) is 43.3 Å². The first-order valence-corrected chi connectivity index (χ1v) is 24.4. The van der Waals surface area contributed by atoms with E-state index in [9.17, 15) is 43.5 Å². The summed E-state index contributed by atoms with van der Waals surface area (Å²) in [5.41, 5.74) is 14.0. The van der Waals surface area contributed by atoms with E-state index in [1.54, 1.807) is 68.5 Å². The molecule has 5 rings (SSSR count). The summed E-state index contributed by atoms with van der Waals surface area (Å²) in [6.45, 7) is -0.108. The van der Waals surface area contributed by atoms with Gasteiger partial charge in [-0.1, -0.05) is 36.8 Å². The average Bonchev–Trinajstić information content (AvgIpc) is 3.88. The number of nitrogens with two attached hydrogens (primary N) is 2. The van der Waals surface area contributed by atoms with E-state index in [1.165, 1.54) is 0 Å². The summed E-state index contributed by atoms with van der Waals surface area (Å²) in [6.07, 6.45) is 7.17. The molecule has 0 spiro atoms. The van der Waals surface area contributed by atoms with Crippen LogP contribution in [0.25, 0.3) is 6.08 Å². The number of allylic oxidation sites excluding steroid dienone is 2. The molecule has 1 fully saturated rings. The Bertz CT molecular complexity index is 2460. The second-order valence-corrected chi connectivity index (χ2v) is 18.2. The zero-order valence-electron chi connectivity index (χ0n) is 40.8. The highest BCUT2D eigenvalue weighted by atomic mass is 19.2. The Labute approximate surface area is 416 Å². The van der Waals surface area contributed by atoms with E-state index in [-0.39, 0.29) is 88.8 Å². The molecule has 0 bridgehead atoms. The number of nitrogens with zero attached hydrogens (tertiary/aromatic N) is 3. The van der Waals surface area contributed by atoms with E-state index in [0.29, 0.717) is 67.0 Å². The lowest BCUT2D eigenvalue weighted by Gasteiger charge is -2.30. The number of hydrogen-bond acceptors (Lipinski definition) is 9. The molecule has 3 aliphatic heterocycles.